The molecule has 0 spiro atoms. The number of amides is 3. The molecule has 9 nitrogen and oxygen atoms in total. The van der Waals surface area contributed by atoms with Crippen molar-refractivity contribution in [3.8, 4) is 11.5 Å². The van der Waals surface area contributed by atoms with Gasteiger partial charge in [0.15, 0.2) is 11.5 Å². The average molecular weight is 495 g/mol. The summed E-state index contributed by atoms with van der Waals surface area (Å²) >= 11 is 0.757. The van der Waals surface area contributed by atoms with E-state index >= 15 is 0 Å². The van der Waals surface area contributed by atoms with Crippen LogP contribution in [-0.2, 0) is 16.1 Å². The first kappa shape index (κ1) is 25.2. The van der Waals surface area contributed by atoms with Crippen LogP contribution in [0, 0.1) is 13.8 Å². The number of aromatic nitrogens is 2. The maximum absolute atomic E-state index is 12.6. The Labute approximate surface area is 199 Å². The molecule has 0 radical (unpaired) electrons. The second-order valence-electron chi connectivity index (χ2n) is 7.37. The second kappa shape index (κ2) is 11.1. The minimum absolute atomic E-state index is 0.0259. The van der Waals surface area contributed by atoms with Crippen molar-refractivity contribution in [2.75, 3.05) is 20.2 Å². The molecule has 2 aromatic rings. The van der Waals surface area contributed by atoms with E-state index in [4.69, 9.17) is 4.74 Å². The van der Waals surface area contributed by atoms with E-state index < -0.39 is 17.8 Å². The lowest BCUT2D eigenvalue weighted by Gasteiger charge is -2.13. The minimum Gasteiger partial charge on any atom is -0.493 e. The van der Waals surface area contributed by atoms with Crippen LogP contribution >= 0.6 is 11.8 Å². The van der Waals surface area contributed by atoms with Gasteiger partial charge in [-0.05, 0) is 55.4 Å². The Morgan fingerprint density at radius 1 is 1.21 bits per heavy atom. The van der Waals surface area contributed by atoms with Gasteiger partial charge in [0.1, 0.15) is 0 Å². The summed E-state index contributed by atoms with van der Waals surface area (Å²) in [5.74, 6) is -0.792. The van der Waals surface area contributed by atoms with Crippen LogP contribution in [0.2, 0.25) is 0 Å². The van der Waals surface area contributed by atoms with E-state index in [0.29, 0.717) is 12.1 Å². The molecular formula is C22H24F2N4O5S. The van der Waals surface area contributed by atoms with Crippen LogP contribution in [0.4, 0.5) is 13.6 Å². The maximum atomic E-state index is 12.6. The number of ether oxygens (including phenoxy) is 2. The van der Waals surface area contributed by atoms with Crippen molar-refractivity contribution < 1.29 is 32.6 Å². The zero-order valence-electron chi connectivity index (χ0n) is 18.8. The quantitative estimate of drug-likeness (QED) is 0.506. The molecule has 0 saturated carbocycles. The SMILES string of the molecule is COc1cc(/C=C2\SC(=O)N(CCNC(=O)CCn3nc(C)cc3C)C2=O)ccc1OC(F)F. The smallest absolute Gasteiger partial charge is 0.387 e. The van der Waals surface area contributed by atoms with Gasteiger partial charge in [-0.1, -0.05) is 6.07 Å². The second-order valence-corrected chi connectivity index (χ2v) is 8.37. The number of methoxy groups -OCH3 is 1. The van der Waals surface area contributed by atoms with Gasteiger partial charge in [-0.2, -0.15) is 13.9 Å². The number of nitrogens with one attached hydrogen (secondary N) is 1. The highest BCUT2D eigenvalue weighted by Gasteiger charge is 2.34. The first-order chi connectivity index (χ1) is 16.2. The molecule has 1 aromatic carbocycles. The normalized spacial score (nSPS) is 14.9. The van der Waals surface area contributed by atoms with Gasteiger partial charge in [0, 0.05) is 31.7 Å². The van der Waals surface area contributed by atoms with Crippen molar-refractivity contribution in [1.29, 1.82) is 0 Å². The molecule has 1 aromatic heterocycles. The fourth-order valence-electron chi connectivity index (χ4n) is 3.32. The molecule has 2 heterocycles. The Hall–Kier alpha value is -3.41. The van der Waals surface area contributed by atoms with Crippen LogP contribution in [0.15, 0.2) is 29.2 Å². The Kier molecular flexibility index (Phi) is 8.26. The highest BCUT2D eigenvalue weighted by Crippen LogP contribution is 2.34. The molecular weight excluding hydrogens is 470 g/mol. The number of carbonyl (C=O) groups is 3. The lowest BCUT2D eigenvalue weighted by Crippen LogP contribution is -2.37. The largest absolute Gasteiger partial charge is 0.493 e. The van der Waals surface area contributed by atoms with E-state index in [0.717, 1.165) is 28.0 Å². The van der Waals surface area contributed by atoms with Crippen molar-refractivity contribution in [3.05, 3.63) is 46.1 Å². The van der Waals surface area contributed by atoms with Gasteiger partial charge in [0.2, 0.25) is 5.91 Å². The number of hydrogen-bond acceptors (Lipinski definition) is 7. The van der Waals surface area contributed by atoms with E-state index in [9.17, 15) is 23.2 Å². The topological polar surface area (TPSA) is 103 Å². The highest BCUT2D eigenvalue weighted by atomic mass is 32.2. The number of benzene rings is 1. The summed E-state index contributed by atoms with van der Waals surface area (Å²) in [7, 11) is 1.30. The standard InChI is InChI=1S/C22H24F2N4O5S/c1-13-10-14(2)28(26-13)8-6-19(29)25-7-9-27-20(30)18(34-22(27)31)12-15-4-5-16(33-21(23)24)17(11-15)32-3/h4-5,10-12,21H,6-9H2,1-3H3,(H,25,29)/b18-12-. The molecule has 0 unspecified atom stereocenters. The molecule has 1 aliphatic rings. The van der Waals surface area contributed by atoms with Crippen LogP contribution in [-0.4, -0.2) is 58.5 Å². The van der Waals surface area contributed by atoms with Crippen molar-refractivity contribution >= 4 is 34.9 Å². The summed E-state index contributed by atoms with van der Waals surface area (Å²) in [5, 5.41) is 6.54. The first-order valence-electron chi connectivity index (χ1n) is 10.3. The minimum atomic E-state index is -3.00. The van der Waals surface area contributed by atoms with Gasteiger partial charge in [0.25, 0.3) is 11.1 Å². The highest BCUT2D eigenvalue weighted by molar-refractivity contribution is 8.18. The number of alkyl halides is 2. The molecule has 0 aliphatic carbocycles. The maximum Gasteiger partial charge on any atom is 0.387 e. The van der Waals surface area contributed by atoms with E-state index in [2.05, 4.69) is 15.2 Å². The third-order valence-electron chi connectivity index (χ3n) is 4.89. The molecule has 1 aliphatic heterocycles. The summed E-state index contributed by atoms with van der Waals surface area (Å²) in [6, 6.07) is 6.11. The summed E-state index contributed by atoms with van der Waals surface area (Å²) in [4.78, 5) is 38.3. The fraction of sp³-hybridized carbons (Fsp3) is 0.364. The third kappa shape index (κ3) is 6.34. The number of aryl methyl sites for hydroxylation is 3. The molecule has 34 heavy (non-hydrogen) atoms. The van der Waals surface area contributed by atoms with Crippen LogP contribution in [0.1, 0.15) is 23.4 Å². The van der Waals surface area contributed by atoms with Gasteiger partial charge >= 0.3 is 6.61 Å². The lowest BCUT2D eigenvalue weighted by atomic mass is 10.2. The van der Waals surface area contributed by atoms with Crippen molar-refractivity contribution in [1.82, 2.24) is 20.0 Å². The number of carbonyl (C=O) groups excluding carboxylic acids is 3. The molecule has 0 bridgehead atoms. The monoisotopic (exact) mass is 494 g/mol. The summed E-state index contributed by atoms with van der Waals surface area (Å²) in [6.07, 6.45) is 1.68. The molecule has 0 atom stereocenters. The number of imide groups is 1. The summed E-state index contributed by atoms with van der Waals surface area (Å²) < 4.78 is 36.1. The molecule has 3 amide bonds. The Morgan fingerprint density at radius 2 is 1.97 bits per heavy atom. The van der Waals surface area contributed by atoms with Crippen molar-refractivity contribution in [2.45, 2.75) is 33.4 Å². The van der Waals surface area contributed by atoms with E-state index in [1.807, 2.05) is 19.9 Å². The predicted octanol–water partition coefficient (Wildman–Crippen LogP) is 3.35. The number of hydrogen-bond donors (Lipinski definition) is 1. The Balaban J connectivity index is 1.54. The zero-order valence-corrected chi connectivity index (χ0v) is 19.7. The van der Waals surface area contributed by atoms with Crippen LogP contribution in [0.3, 0.4) is 0 Å². The molecule has 3 rings (SSSR count). The van der Waals surface area contributed by atoms with Gasteiger partial charge in [-0.3, -0.25) is 24.0 Å². The molecule has 1 saturated heterocycles. The lowest BCUT2D eigenvalue weighted by molar-refractivity contribution is -0.124. The van der Waals surface area contributed by atoms with Crippen LogP contribution in [0.25, 0.3) is 6.08 Å². The van der Waals surface area contributed by atoms with Gasteiger partial charge < -0.3 is 14.8 Å². The Morgan fingerprint density at radius 3 is 2.62 bits per heavy atom. The molecule has 1 N–H and O–H groups in total. The number of nitrogens with zero attached hydrogens (tertiary/aromatic N) is 3. The van der Waals surface area contributed by atoms with Crippen LogP contribution in [0.5, 0.6) is 11.5 Å². The first-order valence-corrected chi connectivity index (χ1v) is 11.2. The summed E-state index contributed by atoms with van der Waals surface area (Å²) in [6.45, 7) is 1.36. The van der Waals surface area contributed by atoms with Gasteiger partial charge in [-0.15, -0.1) is 0 Å². The third-order valence-corrected chi connectivity index (χ3v) is 5.79. The van der Waals surface area contributed by atoms with Crippen LogP contribution < -0.4 is 14.8 Å². The van der Waals surface area contributed by atoms with E-state index in [1.54, 1.807) is 4.68 Å². The van der Waals surface area contributed by atoms with Crippen molar-refractivity contribution in [3.63, 3.8) is 0 Å². The average Bonchev–Trinajstić information content (AvgIpc) is 3.24. The zero-order chi connectivity index (χ0) is 24.8. The molecule has 1 fully saturated rings. The number of rotatable bonds is 10. The van der Waals surface area contributed by atoms with Gasteiger partial charge in [0.05, 0.1) is 17.7 Å². The molecule has 182 valence electrons. The van der Waals surface area contributed by atoms with Crippen molar-refractivity contribution in [2.24, 2.45) is 0 Å². The fourth-order valence-corrected chi connectivity index (χ4v) is 4.18. The molecule has 12 heteroatoms. The van der Waals surface area contributed by atoms with E-state index in [1.165, 1.54) is 31.4 Å². The predicted molar refractivity (Wildman–Crippen MR) is 122 cm³/mol. The Bertz CT molecular complexity index is 1120. The number of thioether (sulfide) groups is 1. The summed E-state index contributed by atoms with van der Waals surface area (Å²) in [5.41, 5.74) is 2.31. The number of halogens is 2. The van der Waals surface area contributed by atoms with Gasteiger partial charge in [-0.25, -0.2) is 0 Å². The van der Waals surface area contributed by atoms with E-state index in [-0.39, 0.29) is 41.8 Å².